The molecule has 0 aliphatic heterocycles. The maximum atomic E-state index is 12.7. The van der Waals surface area contributed by atoms with Crippen LogP contribution < -0.4 is 5.32 Å². The molecule has 1 amide bonds. The highest BCUT2D eigenvalue weighted by Gasteiger charge is 2.25. The van der Waals surface area contributed by atoms with Gasteiger partial charge in [-0.1, -0.05) is 18.7 Å². The number of nitrogens with zero attached hydrogens (tertiary/aromatic N) is 3. The smallest absolute Gasteiger partial charge is 0.238 e. The lowest BCUT2D eigenvalue weighted by Crippen LogP contribution is -2.24. The lowest BCUT2D eigenvalue weighted by molar-refractivity contribution is -0.115. The highest BCUT2D eigenvalue weighted by molar-refractivity contribution is 8.00. The van der Waals surface area contributed by atoms with Gasteiger partial charge in [0.1, 0.15) is 22.4 Å². The van der Waals surface area contributed by atoms with E-state index >= 15 is 0 Å². The number of aromatic nitrogens is 2. The van der Waals surface area contributed by atoms with Gasteiger partial charge in [-0.05, 0) is 50.7 Å². The Morgan fingerprint density at radius 1 is 1.44 bits per heavy atom. The van der Waals surface area contributed by atoms with Gasteiger partial charge < -0.3 is 5.32 Å². The monoisotopic (exact) mass is 372 g/mol. The third-order valence-corrected chi connectivity index (χ3v) is 6.73. The molecule has 1 N–H and O–H groups in total. The minimum absolute atomic E-state index is 0.0705. The normalized spacial score (nSPS) is 14.4. The topological polar surface area (TPSA) is 78.7 Å². The van der Waals surface area contributed by atoms with Gasteiger partial charge in [-0.15, -0.1) is 11.3 Å². The molecule has 0 spiro atoms. The van der Waals surface area contributed by atoms with Crippen molar-refractivity contribution in [1.29, 1.82) is 5.26 Å². The van der Waals surface area contributed by atoms with E-state index in [4.69, 9.17) is 0 Å². The molecule has 7 heteroatoms. The molecule has 0 aromatic carbocycles. The molecular formula is C18H20N4OS2. The molecule has 0 bridgehead atoms. The van der Waals surface area contributed by atoms with Crippen LogP contribution in [0.25, 0.3) is 0 Å². The molecular weight excluding hydrogens is 352 g/mol. The number of nitrogens with one attached hydrogen (secondary N) is 1. The van der Waals surface area contributed by atoms with Gasteiger partial charge in [0.15, 0.2) is 0 Å². The third-order valence-electron chi connectivity index (χ3n) is 4.22. The molecule has 1 unspecified atom stereocenters. The van der Waals surface area contributed by atoms with Crippen LogP contribution in [-0.4, -0.2) is 21.1 Å². The SMILES string of the molecule is CCC(Sc1cc(C)ncn1)C(=O)Nc1sc2c(c1C#N)CCCC2. The fraction of sp³-hybridized carbons (Fsp3) is 0.444. The van der Waals surface area contributed by atoms with Gasteiger partial charge in [-0.3, -0.25) is 4.79 Å². The van der Waals surface area contributed by atoms with Crippen molar-refractivity contribution in [1.82, 2.24) is 9.97 Å². The first kappa shape index (κ1) is 17.9. The van der Waals surface area contributed by atoms with Gasteiger partial charge in [0.2, 0.25) is 5.91 Å². The Hall–Kier alpha value is -1.91. The number of aryl methyl sites for hydroxylation is 2. The fourth-order valence-electron chi connectivity index (χ4n) is 2.93. The van der Waals surface area contributed by atoms with Crippen LogP contribution in [0.5, 0.6) is 0 Å². The van der Waals surface area contributed by atoms with Crippen molar-refractivity contribution in [2.24, 2.45) is 0 Å². The average Bonchev–Trinajstić information content (AvgIpc) is 2.96. The number of thiophene rings is 1. The number of hydrogen-bond donors (Lipinski definition) is 1. The number of thioether (sulfide) groups is 1. The van der Waals surface area contributed by atoms with E-state index in [1.165, 1.54) is 23.0 Å². The zero-order valence-electron chi connectivity index (χ0n) is 14.3. The summed E-state index contributed by atoms with van der Waals surface area (Å²) < 4.78 is 0. The number of carbonyl (C=O) groups is 1. The van der Waals surface area contributed by atoms with Crippen LogP contribution in [-0.2, 0) is 17.6 Å². The summed E-state index contributed by atoms with van der Waals surface area (Å²) in [7, 11) is 0. The van der Waals surface area contributed by atoms with Gasteiger partial charge in [0, 0.05) is 10.6 Å². The molecule has 1 aliphatic carbocycles. The third kappa shape index (κ3) is 4.02. The lowest BCUT2D eigenvalue weighted by Gasteiger charge is -2.13. The van der Waals surface area contributed by atoms with E-state index < -0.39 is 0 Å². The Morgan fingerprint density at radius 2 is 2.24 bits per heavy atom. The fourth-order valence-corrected chi connectivity index (χ4v) is 5.14. The Balaban J connectivity index is 1.76. The molecule has 2 heterocycles. The number of fused-ring (bicyclic) bond motifs is 1. The van der Waals surface area contributed by atoms with Crippen LogP contribution in [0.15, 0.2) is 17.4 Å². The molecule has 0 radical (unpaired) electrons. The molecule has 25 heavy (non-hydrogen) atoms. The number of carbonyl (C=O) groups excluding carboxylic acids is 1. The molecule has 2 aromatic heterocycles. The summed E-state index contributed by atoms with van der Waals surface area (Å²) >= 11 is 3.00. The van der Waals surface area contributed by atoms with Crippen LogP contribution in [0.1, 0.15) is 47.9 Å². The van der Waals surface area contributed by atoms with E-state index in [2.05, 4.69) is 21.4 Å². The molecule has 0 fully saturated rings. The molecule has 2 aromatic rings. The Labute approximate surface area is 155 Å². The summed E-state index contributed by atoms with van der Waals surface area (Å²) in [6, 6.07) is 4.17. The van der Waals surface area contributed by atoms with Crippen molar-refractivity contribution in [3.63, 3.8) is 0 Å². The van der Waals surface area contributed by atoms with Crippen molar-refractivity contribution in [3.8, 4) is 6.07 Å². The first-order chi connectivity index (χ1) is 12.1. The highest BCUT2D eigenvalue weighted by Crippen LogP contribution is 2.38. The van der Waals surface area contributed by atoms with E-state index in [0.29, 0.717) is 17.0 Å². The molecule has 0 saturated carbocycles. The van der Waals surface area contributed by atoms with Gasteiger partial charge in [-0.2, -0.15) is 5.26 Å². The summed E-state index contributed by atoms with van der Waals surface area (Å²) in [5.41, 5.74) is 2.68. The summed E-state index contributed by atoms with van der Waals surface area (Å²) in [6.45, 7) is 3.89. The molecule has 130 valence electrons. The van der Waals surface area contributed by atoms with Gasteiger partial charge in [-0.25, -0.2) is 9.97 Å². The maximum Gasteiger partial charge on any atom is 0.238 e. The lowest BCUT2D eigenvalue weighted by atomic mass is 9.96. The van der Waals surface area contributed by atoms with Crippen LogP contribution in [0.2, 0.25) is 0 Å². The minimum atomic E-state index is -0.250. The van der Waals surface area contributed by atoms with Crippen molar-refractivity contribution in [2.45, 2.75) is 56.2 Å². The number of amides is 1. The van der Waals surface area contributed by atoms with Crippen LogP contribution in [0.3, 0.4) is 0 Å². The largest absolute Gasteiger partial charge is 0.316 e. The second kappa shape index (κ2) is 7.98. The quantitative estimate of drug-likeness (QED) is 0.631. The second-order valence-electron chi connectivity index (χ2n) is 6.03. The summed E-state index contributed by atoms with van der Waals surface area (Å²) in [4.78, 5) is 22.3. The summed E-state index contributed by atoms with van der Waals surface area (Å²) in [5.74, 6) is -0.0705. The maximum absolute atomic E-state index is 12.7. The van der Waals surface area contributed by atoms with E-state index in [-0.39, 0.29) is 11.2 Å². The van der Waals surface area contributed by atoms with Crippen molar-refractivity contribution in [2.75, 3.05) is 5.32 Å². The van der Waals surface area contributed by atoms with Crippen molar-refractivity contribution in [3.05, 3.63) is 34.1 Å². The molecule has 0 saturated heterocycles. The van der Waals surface area contributed by atoms with Crippen LogP contribution in [0.4, 0.5) is 5.00 Å². The molecule has 1 aliphatic rings. The first-order valence-electron chi connectivity index (χ1n) is 8.43. The van der Waals surface area contributed by atoms with E-state index in [1.54, 1.807) is 11.3 Å². The summed E-state index contributed by atoms with van der Waals surface area (Å²) in [6.07, 6.45) is 6.43. The van der Waals surface area contributed by atoms with Gasteiger partial charge in [0.25, 0.3) is 0 Å². The standard InChI is InChI=1S/C18H20N4OS2/c1-3-14(24-16-8-11(2)20-10-21-16)17(23)22-18-13(9-19)12-6-4-5-7-15(12)25-18/h8,10,14H,3-7H2,1-2H3,(H,22,23). The van der Waals surface area contributed by atoms with Gasteiger partial charge >= 0.3 is 0 Å². The minimum Gasteiger partial charge on any atom is -0.316 e. The highest BCUT2D eigenvalue weighted by atomic mass is 32.2. The van der Waals surface area contributed by atoms with Crippen LogP contribution in [0, 0.1) is 18.3 Å². The van der Waals surface area contributed by atoms with E-state index in [0.717, 1.165) is 42.0 Å². The van der Waals surface area contributed by atoms with Gasteiger partial charge in [0.05, 0.1) is 10.8 Å². The first-order valence-corrected chi connectivity index (χ1v) is 10.1. The zero-order chi connectivity index (χ0) is 17.8. The zero-order valence-corrected chi connectivity index (χ0v) is 16.0. The predicted molar refractivity (Wildman–Crippen MR) is 101 cm³/mol. The number of nitriles is 1. The molecule has 1 atom stereocenters. The van der Waals surface area contributed by atoms with Crippen LogP contribution >= 0.6 is 23.1 Å². The Bertz CT molecular complexity index is 825. The number of rotatable bonds is 5. The Morgan fingerprint density at radius 3 is 2.96 bits per heavy atom. The summed E-state index contributed by atoms with van der Waals surface area (Å²) in [5, 5.41) is 13.8. The van der Waals surface area contributed by atoms with Crippen molar-refractivity contribution < 1.29 is 4.79 Å². The van der Waals surface area contributed by atoms with E-state index in [9.17, 15) is 10.1 Å². The average molecular weight is 373 g/mol. The second-order valence-corrected chi connectivity index (χ2v) is 8.36. The number of anilines is 1. The molecule has 5 nitrogen and oxygen atoms in total. The van der Waals surface area contributed by atoms with E-state index in [1.807, 2.05) is 19.9 Å². The Kier molecular flexibility index (Phi) is 5.71. The molecule has 3 rings (SSSR count). The number of hydrogen-bond acceptors (Lipinski definition) is 6. The van der Waals surface area contributed by atoms with Crippen molar-refractivity contribution >= 4 is 34.0 Å². The predicted octanol–water partition coefficient (Wildman–Crippen LogP) is 4.11.